The van der Waals surface area contributed by atoms with Gasteiger partial charge in [-0.25, -0.2) is 4.79 Å². The fraction of sp³-hybridized carbons (Fsp3) is 0.757. The van der Waals surface area contributed by atoms with Gasteiger partial charge in [0.1, 0.15) is 42.3 Å². The van der Waals surface area contributed by atoms with Gasteiger partial charge in [-0.1, -0.05) is 41.5 Å². The van der Waals surface area contributed by atoms with Crippen LogP contribution in [0.3, 0.4) is 0 Å². The van der Waals surface area contributed by atoms with E-state index in [1.54, 1.807) is 41.5 Å². The van der Waals surface area contributed by atoms with Crippen LogP contribution in [0.2, 0.25) is 0 Å². The van der Waals surface area contributed by atoms with Gasteiger partial charge in [-0.15, -0.1) is 0 Å². The maximum atomic E-state index is 13.9. The molecule has 0 spiro atoms. The first kappa shape index (κ1) is 51.9. The van der Waals surface area contributed by atoms with Crippen molar-refractivity contribution in [1.82, 2.24) is 36.8 Å². The molecule has 0 aromatic rings. The van der Waals surface area contributed by atoms with E-state index >= 15 is 0 Å². The van der Waals surface area contributed by atoms with Gasteiger partial charge in [0.15, 0.2) is 5.96 Å². The summed E-state index contributed by atoms with van der Waals surface area (Å²) in [5, 5.41) is 45.0. The molecule has 0 aromatic carbocycles. The second-order valence-corrected chi connectivity index (χ2v) is 15.9. The van der Waals surface area contributed by atoms with Crippen LogP contribution in [0.25, 0.3) is 0 Å². The van der Waals surface area contributed by atoms with Gasteiger partial charge in [0, 0.05) is 13.1 Å². The molecule has 1 rings (SSSR count). The number of nitrogens with two attached hydrogens (primary N) is 3. The first-order valence-corrected chi connectivity index (χ1v) is 19.9. The van der Waals surface area contributed by atoms with Gasteiger partial charge in [0.25, 0.3) is 0 Å². The zero-order chi connectivity index (χ0) is 45.3. The number of aliphatic carboxylic acids is 1. The summed E-state index contributed by atoms with van der Waals surface area (Å²) in [6.45, 7) is 12.2. The summed E-state index contributed by atoms with van der Waals surface area (Å²) in [4.78, 5) is 110. The van der Waals surface area contributed by atoms with Gasteiger partial charge in [-0.05, 0) is 63.7 Å². The van der Waals surface area contributed by atoms with E-state index in [2.05, 4.69) is 36.9 Å². The van der Waals surface area contributed by atoms with Crippen LogP contribution in [0, 0.1) is 17.8 Å². The number of rotatable bonds is 24. The van der Waals surface area contributed by atoms with E-state index in [1.165, 1.54) is 18.7 Å². The van der Waals surface area contributed by atoms with Crippen molar-refractivity contribution in [2.75, 3.05) is 19.7 Å². The number of carboxylic acids is 1. The Labute approximate surface area is 345 Å². The van der Waals surface area contributed by atoms with Crippen LogP contribution < -0.4 is 49.1 Å². The van der Waals surface area contributed by atoms with Crippen molar-refractivity contribution in [3.8, 4) is 0 Å². The molecule has 9 atom stereocenters. The molecule has 22 heteroatoms. The smallest absolute Gasteiger partial charge is 0.326 e. The van der Waals surface area contributed by atoms with Crippen LogP contribution in [0.1, 0.15) is 87.5 Å². The van der Waals surface area contributed by atoms with Crippen molar-refractivity contribution < 1.29 is 53.7 Å². The molecule has 336 valence electrons. The summed E-state index contributed by atoms with van der Waals surface area (Å²) in [7, 11) is 0. The molecule has 1 heterocycles. The Morgan fingerprint density at radius 3 is 1.81 bits per heavy atom. The van der Waals surface area contributed by atoms with E-state index in [0.29, 0.717) is 6.42 Å². The predicted molar refractivity (Wildman–Crippen MR) is 215 cm³/mol. The number of hydrogen-bond acceptors (Lipinski definition) is 12. The highest BCUT2D eigenvalue weighted by atomic mass is 16.4. The fourth-order valence-corrected chi connectivity index (χ4v) is 6.09. The summed E-state index contributed by atoms with van der Waals surface area (Å²) in [5.41, 5.74) is 16.5. The number of likely N-dealkylation sites (tertiary alicyclic amines) is 1. The Hall–Kier alpha value is -5.09. The molecule has 1 saturated heterocycles. The zero-order valence-corrected chi connectivity index (χ0v) is 35.3. The van der Waals surface area contributed by atoms with Gasteiger partial charge < -0.3 is 69.3 Å². The van der Waals surface area contributed by atoms with Crippen LogP contribution in [-0.2, 0) is 38.4 Å². The average Bonchev–Trinajstić information content (AvgIpc) is 3.64. The molecule has 0 aliphatic carbocycles. The van der Waals surface area contributed by atoms with Gasteiger partial charge in [-0.3, -0.25) is 38.6 Å². The fourth-order valence-electron chi connectivity index (χ4n) is 6.09. The Balaban J connectivity index is 3.10. The Kier molecular flexibility index (Phi) is 21.8. The maximum absolute atomic E-state index is 13.9. The lowest BCUT2D eigenvalue weighted by atomic mass is 10.0. The van der Waals surface area contributed by atoms with Gasteiger partial charge >= 0.3 is 5.97 Å². The number of carbonyl (C=O) groups is 8. The van der Waals surface area contributed by atoms with E-state index in [4.69, 9.17) is 17.2 Å². The molecule has 0 saturated carbocycles. The molecule has 22 nitrogen and oxygen atoms in total. The second-order valence-electron chi connectivity index (χ2n) is 15.9. The Morgan fingerprint density at radius 2 is 1.31 bits per heavy atom. The number of carboxylic acid groups (broad SMARTS) is 1. The highest BCUT2D eigenvalue weighted by Crippen LogP contribution is 2.21. The minimum Gasteiger partial charge on any atom is -0.480 e. The molecular weight excluding hydrogens is 774 g/mol. The molecule has 15 N–H and O–H groups in total. The molecular formula is C37H67N11O11. The highest BCUT2D eigenvalue weighted by molar-refractivity contribution is 5.98. The molecule has 1 aliphatic heterocycles. The third-order valence-corrected chi connectivity index (χ3v) is 9.62. The van der Waals surface area contributed by atoms with E-state index in [9.17, 15) is 53.7 Å². The summed E-state index contributed by atoms with van der Waals surface area (Å²) in [5.74, 6) is -7.95. The topological polar surface area (TPSA) is 363 Å². The van der Waals surface area contributed by atoms with Crippen molar-refractivity contribution in [3.63, 3.8) is 0 Å². The molecule has 0 unspecified atom stereocenters. The second kappa shape index (κ2) is 24.7. The van der Waals surface area contributed by atoms with E-state index in [1.807, 2.05) is 0 Å². The standard InChI is InChI=1S/C37H67N11O11/c1-17(2)15-23(35(57)48-14-10-12-25(48)31(53)43-22(36(58)59)11-9-13-41-37(39)40)44-30(52)24(16-49)45-33(55)27(19(5)6)46-34(56)28(21(8)50)47-29(51)20(7)42-32(54)26(38)18(3)4/h17-28,49-50H,9-16,38H2,1-8H3,(H,42,54)(H,43,53)(H,44,52)(H,45,55)(H,46,56)(H,47,51)(H,58,59)(H4,39,40,41)/t20-,21+,22-,23-,24-,25-,26-,27-,28-/m0/s1. The Morgan fingerprint density at radius 1 is 0.729 bits per heavy atom. The summed E-state index contributed by atoms with van der Waals surface area (Å²) in [6, 6.07) is -10.1. The lowest BCUT2D eigenvalue weighted by molar-refractivity contribution is -0.145. The van der Waals surface area contributed by atoms with Gasteiger partial charge in [0.2, 0.25) is 41.4 Å². The summed E-state index contributed by atoms with van der Waals surface area (Å²) >= 11 is 0. The van der Waals surface area contributed by atoms with Crippen molar-refractivity contribution in [2.45, 2.75) is 142 Å². The average molecular weight is 842 g/mol. The Bertz CT molecular complexity index is 1500. The first-order chi connectivity index (χ1) is 27.4. The largest absolute Gasteiger partial charge is 0.480 e. The van der Waals surface area contributed by atoms with Crippen LogP contribution >= 0.6 is 0 Å². The van der Waals surface area contributed by atoms with Crippen LogP contribution in [0.15, 0.2) is 4.99 Å². The van der Waals surface area contributed by atoms with Crippen molar-refractivity contribution in [1.29, 1.82) is 0 Å². The van der Waals surface area contributed by atoms with Crippen molar-refractivity contribution in [2.24, 2.45) is 39.9 Å². The first-order valence-electron chi connectivity index (χ1n) is 19.9. The summed E-state index contributed by atoms with van der Waals surface area (Å²) in [6.07, 6.45) is -0.409. The third kappa shape index (κ3) is 17.0. The number of nitrogens with one attached hydrogen (secondary N) is 6. The summed E-state index contributed by atoms with van der Waals surface area (Å²) < 4.78 is 0. The molecule has 1 aliphatic rings. The van der Waals surface area contributed by atoms with Gasteiger partial charge in [-0.2, -0.15) is 0 Å². The normalized spacial score (nSPS) is 18.0. The van der Waals surface area contributed by atoms with E-state index < -0.39 is 114 Å². The number of aliphatic imine (C=N–C) groups is 1. The van der Waals surface area contributed by atoms with Crippen LogP contribution in [0.4, 0.5) is 0 Å². The number of carbonyl (C=O) groups excluding carboxylic acids is 7. The van der Waals surface area contributed by atoms with E-state index in [0.717, 1.165) is 0 Å². The lowest BCUT2D eigenvalue weighted by Gasteiger charge is -2.31. The minimum absolute atomic E-state index is 0.0205. The van der Waals surface area contributed by atoms with E-state index in [-0.39, 0.29) is 56.6 Å². The molecule has 0 radical (unpaired) electrons. The van der Waals surface area contributed by atoms with Crippen molar-refractivity contribution >= 4 is 53.3 Å². The third-order valence-electron chi connectivity index (χ3n) is 9.62. The van der Waals surface area contributed by atoms with Crippen LogP contribution in [0.5, 0.6) is 0 Å². The lowest BCUT2D eigenvalue weighted by Crippen LogP contribution is -2.62. The molecule has 7 amide bonds. The number of hydrogen-bond donors (Lipinski definition) is 12. The highest BCUT2D eigenvalue weighted by Gasteiger charge is 2.40. The number of guanidine groups is 1. The number of amides is 7. The number of nitrogens with zero attached hydrogens (tertiary/aromatic N) is 2. The number of aliphatic hydroxyl groups is 2. The van der Waals surface area contributed by atoms with Crippen molar-refractivity contribution in [3.05, 3.63) is 0 Å². The monoisotopic (exact) mass is 842 g/mol. The quantitative estimate of drug-likeness (QED) is 0.0251. The predicted octanol–water partition coefficient (Wildman–Crippen LogP) is -3.90. The molecule has 0 aromatic heterocycles. The maximum Gasteiger partial charge on any atom is 0.326 e. The SMILES string of the molecule is CC(C)C[C@H](NC(=O)[C@H](CO)NC(=O)[C@@H](NC(=O)[C@@H](NC(=O)[C@H](C)NC(=O)[C@@H](N)C(C)C)[C@@H](C)O)C(C)C)C(=O)N1CCC[C@H]1C(=O)N[C@@H](CCCN=C(N)N)C(=O)O. The van der Waals surface area contributed by atoms with Crippen LogP contribution in [-0.4, -0.2) is 148 Å². The zero-order valence-electron chi connectivity index (χ0n) is 35.3. The molecule has 59 heavy (non-hydrogen) atoms. The number of aliphatic hydroxyl groups excluding tert-OH is 2. The minimum atomic E-state index is -1.61. The molecule has 1 fully saturated rings. The molecule has 0 bridgehead atoms. The van der Waals surface area contributed by atoms with Gasteiger partial charge in [0.05, 0.1) is 18.8 Å².